The van der Waals surface area contributed by atoms with Gasteiger partial charge in [-0.2, -0.15) is 0 Å². The summed E-state index contributed by atoms with van der Waals surface area (Å²) in [4.78, 5) is 28.9. The number of aliphatic hydroxyl groups is 1. The number of hydrogen-bond acceptors (Lipinski definition) is 8. The maximum atomic E-state index is 12.4. The molecule has 0 radical (unpaired) electrons. The highest BCUT2D eigenvalue weighted by molar-refractivity contribution is 7.44. The highest BCUT2D eigenvalue weighted by Gasteiger charge is 2.41. The topological polar surface area (TPSA) is 102 Å². The molecule has 1 amide bonds. The minimum Gasteiger partial charge on any atom is -0.400 e. The van der Waals surface area contributed by atoms with Gasteiger partial charge in [0.1, 0.15) is 12.2 Å². The van der Waals surface area contributed by atoms with E-state index in [-0.39, 0.29) is 70.1 Å². The second-order valence-electron chi connectivity index (χ2n) is 8.28. The third kappa shape index (κ3) is 8.69. The van der Waals surface area contributed by atoms with E-state index in [9.17, 15) is 9.59 Å². The highest BCUT2D eigenvalue weighted by Crippen LogP contribution is 2.46. The van der Waals surface area contributed by atoms with Crippen LogP contribution in [-0.2, 0) is 28.1 Å². The number of aliphatic hydroxyl groups excluding tert-OH is 1. The second-order valence-corrected chi connectivity index (χ2v) is 9.73. The van der Waals surface area contributed by atoms with Gasteiger partial charge in [0.25, 0.3) is 8.53 Å². The molecule has 0 bridgehead atoms. The van der Waals surface area contributed by atoms with Crippen molar-refractivity contribution in [3.05, 3.63) is 23.2 Å². The van der Waals surface area contributed by atoms with Crippen molar-refractivity contribution in [2.45, 2.75) is 71.9 Å². The van der Waals surface area contributed by atoms with Crippen LogP contribution in [0.5, 0.6) is 0 Å². The first-order chi connectivity index (χ1) is 16.6. The molecular weight excluding hydrogens is 449 g/mol. The first-order valence-corrected chi connectivity index (χ1v) is 11.9. The zero-order valence-corrected chi connectivity index (χ0v) is 21.3. The lowest BCUT2D eigenvalue weighted by Gasteiger charge is -2.43. The maximum Gasteiger partial charge on any atom is 0.259 e. The Morgan fingerprint density at radius 1 is 1.45 bits per heavy atom. The molecule has 0 aromatic rings. The van der Waals surface area contributed by atoms with Gasteiger partial charge in [-0.3, -0.25) is 14.5 Å². The van der Waals surface area contributed by atoms with Gasteiger partial charge in [-0.05, 0) is 41.5 Å². The molecule has 2 aliphatic rings. The Morgan fingerprint density at radius 3 is 2.70 bits per heavy atom. The SMILES string of the molecule is [2H]C[C@@]1(COP(OCC[N+]#[C-])N(C(C)C)C(C)C)COC[C@H](N2C=C(C)C(=O)CC2=O)O1.[3H]OC. The van der Waals surface area contributed by atoms with Crippen LogP contribution in [0.2, 0.25) is 0 Å². The lowest BCUT2D eigenvalue weighted by molar-refractivity contribution is -0.235. The predicted molar refractivity (Wildman–Crippen MR) is 125 cm³/mol. The number of rotatable bonds is 10. The van der Waals surface area contributed by atoms with E-state index in [2.05, 4.69) is 14.6 Å². The Bertz CT molecular complexity index is 758. The summed E-state index contributed by atoms with van der Waals surface area (Å²) in [6.07, 6.45) is 0.543. The van der Waals surface area contributed by atoms with Crippen LogP contribution in [0.4, 0.5) is 0 Å². The normalized spacial score (nSPS) is 25.3. The summed E-state index contributed by atoms with van der Waals surface area (Å²) in [5.41, 5.74) is -0.608. The number of allylic oxidation sites excluding steroid dienone is 1. The van der Waals surface area contributed by atoms with E-state index >= 15 is 0 Å². The summed E-state index contributed by atoms with van der Waals surface area (Å²) in [7, 11) is -0.202. The van der Waals surface area contributed by atoms with Gasteiger partial charge < -0.3 is 28.5 Å². The van der Waals surface area contributed by atoms with Gasteiger partial charge in [-0.15, -0.1) is 0 Å². The quantitative estimate of drug-likeness (QED) is 0.216. The predicted octanol–water partition coefficient (Wildman–Crippen LogP) is 2.73. The number of nitrogens with zero attached hydrogens (tertiary/aromatic N) is 3. The molecule has 1 unspecified atom stereocenters. The number of ether oxygens (including phenoxy) is 2. The van der Waals surface area contributed by atoms with Crippen LogP contribution in [0.15, 0.2) is 11.8 Å². The number of amides is 1. The van der Waals surface area contributed by atoms with E-state index in [4.69, 9.17) is 27.9 Å². The number of hydrogen-bond donors (Lipinski definition) is 1. The molecule has 33 heavy (non-hydrogen) atoms. The van der Waals surface area contributed by atoms with Crippen LogP contribution >= 0.6 is 8.53 Å². The monoisotopic (exact) mass is 490 g/mol. The van der Waals surface area contributed by atoms with Crippen molar-refractivity contribution in [1.82, 2.24) is 9.57 Å². The lowest BCUT2D eigenvalue weighted by Crippen LogP contribution is -2.55. The molecule has 3 atom stereocenters. The smallest absolute Gasteiger partial charge is 0.259 e. The summed E-state index contributed by atoms with van der Waals surface area (Å²) in [6, 6.07) is 0.294. The third-order valence-corrected chi connectivity index (χ3v) is 6.84. The fourth-order valence-electron chi connectivity index (χ4n) is 3.36. The van der Waals surface area contributed by atoms with Crippen LogP contribution < -0.4 is 0 Å². The Kier molecular flexibility index (Phi) is 11.2. The van der Waals surface area contributed by atoms with Gasteiger partial charge in [0.05, 0.1) is 26.2 Å². The summed E-state index contributed by atoms with van der Waals surface area (Å²) in [5.74, 6) is -0.561. The second kappa shape index (κ2) is 14.1. The summed E-state index contributed by atoms with van der Waals surface area (Å²) in [5, 5.41) is 3.50. The fourth-order valence-corrected chi connectivity index (χ4v) is 5.04. The molecular formula is C22H38N3O7P. The molecule has 0 aromatic carbocycles. The molecule has 10 nitrogen and oxygen atoms in total. The van der Waals surface area contributed by atoms with Crippen molar-refractivity contribution < 1.29 is 34.6 Å². The minimum absolute atomic E-state index is 0.0380. The molecule has 0 saturated carbocycles. The average Bonchev–Trinajstić information content (AvgIpc) is 2.80. The lowest BCUT2D eigenvalue weighted by atomic mass is 10.1. The minimum atomic E-state index is -1.49. The van der Waals surface area contributed by atoms with Crippen molar-refractivity contribution in [3.8, 4) is 0 Å². The molecule has 2 aliphatic heterocycles. The van der Waals surface area contributed by atoms with E-state index in [0.29, 0.717) is 5.57 Å². The Labute approximate surface area is 201 Å². The van der Waals surface area contributed by atoms with Crippen molar-refractivity contribution in [1.29, 1.82) is 1.43 Å². The van der Waals surface area contributed by atoms with Crippen LogP contribution in [0.25, 0.3) is 4.85 Å². The van der Waals surface area contributed by atoms with Crippen LogP contribution in [0.3, 0.4) is 0 Å². The Balaban J connectivity index is 0.00000194. The summed E-state index contributed by atoms with van der Waals surface area (Å²) >= 11 is 0. The van der Waals surface area contributed by atoms with E-state index < -0.39 is 20.4 Å². The van der Waals surface area contributed by atoms with Crippen molar-refractivity contribution in [3.63, 3.8) is 0 Å². The first kappa shape index (κ1) is 26.2. The van der Waals surface area contributed by atoms with Gasteiger partial charge in [0, 0.05) is 32.3 Å². The van der Waals surface area contributed by atoms with E-state index in [1.165, 1.54) is 18.2 Å². The molecule has 2 rings (SSSR count). The van der Waals surface area contributed by atoms with Crippen molar-refractivity contribution in [2.24, 2.45) is 0 Å². The van der Waals surface area contributed by atoms with Crippen molar-refractivity contribution >= 4 is 20.2 Å². The molecule has 1 fully saturated rings. The van der Waals surface area contributed by atoms with Gasteiger partial charge in [-0.25, -0.2) is 11.2 Å². The van der Waals surface area contributed by atoms with E-state index in [1.54, 1.807) is 6.92 Å². The first-order valence-electron chi connectivity index (χ1n) is 11.9. The molecule has 2 heterocycles. The standard InChI is InChI=1S/C21H34N3O6P.CH4O/c1-15(2)24(16(3)4)31(28-9-8-22-7)29-14-21(6)13-27-12-20(30-21)23-11-17(5)18(25)10-19(23)26;1-2/h11,15-16,20H,8-10,12-14H2,1-6H3;2H,1H3/t20-,21+,31?;/m1./s1/i6D;2T. The maximum absolute atomic E-state index is 12.4. The zero-order valence-electron chi connectivity index (χ0n) is 22.4. The van der Waals surface area contributed by atoms with Crippen LogP contribution in [-0.4, -0.2) is 91.8 Å². The van der Waals surface area contributed by atoms with Crippen LogP contribution in [0, 0.1) is 6.57 Å². The molecule has 0 aromatic heterocycles. The molecule has 11 heteroatoms. The number of Topliss-reactive ketones (excluding diaryl/α,β-unsaturated/α-hetero) is 1. The zero-order chi connectivity index (χ0) is 26.6. The largest absolute Gasteiger partial charge is 0.400 e. The number of carbonyl (C=O) groups is 2. The fraction of sp³-hybridized carbons (Fsp3) is 0.773. The molecule has 0 spiro atoms. The molecule has 0 aliphatic carbocycles. The Morgan fingerprint density at radius 2 is 2.12 bits per heavy atom. The summed E-state index contributed by atoms with van der Waals surface area (Å²) in [6.45, 7) is 17.5. The van der Waals surface area contributed by atoms with Crippen molar-refractivity contribution in [2.75, 3.05) is 40.1 Å². The number of ketones is 1. The average molecular weight is 491 g/mol. The van der Waals surface area contributed by atoms with Gasteiger partial charge in [0.15, 0.2) is 12.0 Å². The summed E-state index contributed by atoms with van der Waals surface area (Å²) < 4.78 is 39.9. The molecule has 1 saturated heterocycles. The van der Waals surface area contributed by atoms with Gasteiger partial charge in [0.2, 0.25) is 13.9 Å². The van der Waals surface area contributed by atoms with Crippen LogP contribution in [0.1, 0.15) is 49.3 Å². The van der Waals surface area contributed by atoms with E-state index in [0.717, 1.165) is 0 Å². The Hall–Kier alpha value is -1.44. The molecule has 1 N–H and O–H groups in total. The third-order valence-electron chi connectivity index (χ3n) is 4.78. The molecule has 188 valence electrons. The van der Waals surface area contributed by atoms with E-state index in [1.807, 2.05) is 27.7 Å². The number of carbonyl (C=O) groups excluding carboxylic acids is 2. The van der Waals surface area contributed by atoms with Gasteiger partial charge in [-0.1, -0.05) is 0 Å². The highest BCUT2D eigenvalue weighted by atomic mass is 31.2. The van der Waals surface area contributed by atoms with Gasteiger partial charge >= 0.3 is 0 Å².